The van der Waals surface area contributed by atoms with Gasteiger partial charge in [-0.05, 0) is 43.7 Å². The van der Waals surface area contributed by atoms with Gasteiger partial charge in [0.15, 0.2) is 0 Å². The first-order valence-electron chi connectivity index (χ1n) is 14.0. The van der Waals surface area contributed by atoms with Crippen LogP contribution in [-0.2, 0) is 6.42 Å². The third kappa shape index (κ3) is 36.2. The molecule has 2 rings (SSSR count). The number of hydrogen-bond donors (Lipinski definition) is 0. The second-order valence-corrected chi connectivity index (χ2v) is 7.55. The van der Waals surface area contributed by atoms with Gasteiger partial charge >= 0.3 is 0 Å². The van der Waals surface area contributed by atoms with Crippen LogP contribution >= 0.6 is 0 Å². The maximum atomic E-state index is 3.99. The molecule has 0 heteroatoms. The topological polar surface area (TPSA) is 0 Å². The van der Waals surface area contributed by atoms with E-state index in [1.807, 2.05) is 73.6 Å². The highest BCUT2D eigenvalue weighted by Crippen LogP contribution is 2.22. The zero-order valence-electron chi connectivity index (χ0n) is 25.1. The summed E-state index contributed by atoms with van der Waals surface area (Å²) in [6, 6.07) is 10.5. The van der Waals surface area contributed by atoms with Crippen molar-refractivity contribution in [1.29, 1.82) is 0 Å². The smallest absolute Gasteiger partial charge is 0.00942 e. The summed E-state index contributed by atoms with van der Waals surface area (Å²) < 4.78 is 0. The molecule has 0 spiro atoms. The predicted molar refractivity (Wildman–Crippen MR) is 175 cm³/mol. The summed E-state index contributed by atoms with van der Waals surface area (Å²) in [4.78, 5) is 0. The molecule has 0 radical (unpaired) electrons. The quantitative estimate of drug-likeness (QED) is 0.260. The SMILES string of the molecule is C.C=C(/C=C\Cc1ccccc1)CC=CC.C=CC(=C)/C=C\C.CC.CC.CC.CC1CCCCC1. The normalized spacial score (nSPS) is 11.9. The van der Waals surface area contributed by atoms with E-state index in [2.05, 4.69) is 75.2 Å². The number of benzene rings is 1. The molecular weight excluding hydrogens is 432 g/mol. The third-order valence-corrected chi connectivity index (χ3v) is 4.70. The van der Waals surface area contributed by atoms with Crippen LogP contribution < -0.4 is 0 Å². The summed E-state index contributed by atoms with van der Waals surface area (Å²) in [5, 5.41) is 0. The highest BCUT2D eigenvalue weighted by Gasteiger charge is 2.05. The Kier molecular flexibility index (Phi) is 48.4. The fraction of sp³-hybridized carbons (Fsp3) is 0.500. The average Bonchev–Trinajstić information content (AvgIpc) is 2.93. The Morgan fingerprint density at radius 2 is 1.33 bits per heavy atom. The fourth-order valence-corrected chi connectivity index (χ4v) is 2.90. The molecule has 1 fully saturated rings. The molecule has 1 aliphatic rings. The maximum Gasteiger partial charge on any atom is -0.00942 e. The average molecular weight is 497 g/mol. The summed E-state index contributed by atoms with van der Waals surface area (Å²) >= 11 is 0. The Morgan fingerprint density at radius 3 is 1.69 bits per heavy atom. The first-order chi connectivity index (χ1) is 17.0. The van der Waals surface area contributed by atoms with Gasteiger partial charge in [-0.15, -0.1) is 0 Å². The molecule has 36 heavy (non-hydrogen) atoms. The summed E-state index contributed by atoms with van der Waals surface area (Å²) in [6.07, 6.45) is 23.4. The molecule has 0 saturated heterocycles. The van der Waals surface area contributed by atoms with Crippen LogP contribution in [0.1, 0.15) is 114 Å². The molecule has 0 nitrogen and oxygen atoms in total. The molecule has 0 heterocycles. The molecule has 0 aromatic heterocycles. The zero-order valence-corrected chi connectivity index (χ0v) is 25.1. The summed E-state index contributed by atoms with van der Waals surface area (Å²) in [6.45, 7) is 29.5. The van der Waals surface area contributed by atoms with E-state index in [-0.39, 0.29) is 7.43 Å². The van der Waals surface area contributed by atoms with Crippen molar-refractivity contribution in [3.8, 4) is 0 Å². The molecule has 0 aliphatic heterocycles. The largest absolute Gasteiger partial charge is 0.0985 e. The number of rotatable bonds is 7. The number of hydrogen-bond acceptors (Lipinski definition) is 0. The van der Waals surface area contributed by atoms with Gasteiger partial charge in [0.2, 0.25) is 0 Å². The monoisotopic (exact) mass is 497 g/mol. The van der Waals surface area contributed by atoms with Gasteiger partial charge in [0.1, 0.15) is 0 Å². The van der Waals surface area contributed by atoms with Crippen LogP contribution in [-0.4, -0.2) is 0 Å². The molecule has 1 aliphatic carbocycles. The van der Waals surface area contributed by atoms with Crippen molar-refractivity contribution in [2.24, 2.45) is 5.92 Å². The molecule has 1 saturated carbocycles. The van der Waals surface area contributed by atoms with Gasteiger partial charge in [-0.3, -0.25) is 0 Å². The molecule has 0 amide bonds. The van der Waals surface area contributed by atoms with Crippen molar-refractivity contribution in [2.45, 2.75) is 115 Å². The Morgan fingerprint density at radius 1 is 0.806 bits per heavy atom. The van der Waals surface area contributed by atoms with Crippen molar-refractivity contribution in [1.82, 2.24) is 0 Å². The molecule has 0 bridgehead atoms. The van der Waals surface area contributed by atoms with Crippen molar-refractivity contribution in [3.63, 3.8) is 0 Å². The molecule has 0 unspecified atom stereocenters. The van der Waals surface area contributed by atoms with Crippen LogP contribution in [0.3, 0.4) is 0 Å². The van der Waals surface area contributed by atoms with E-state index in [0.717, 1.165) is 29.9 Å². The van der Waals surface area contributed by atoms with Crippen LogP contribution in [0, 0.1) is 5.92 Å². The van der Waals surface area contributed by atoms with Crippen LogP contribution in [0.25, 0.3) is 0 Å². The lowest BCUT2D eigenvalue weighted by atomic mass is 9.91. The lowest BCUT2D eigenvalue weighted by Gasteiger charge is -2.15. The van der Waals surface area contributed by atoms with Gasteiger partial charge in [-0.1, -0.05) is 186 Å². The highest BCUT2D eigenvalue weighted by molar-refractivity contribution is 5.24. The van der Waals surface area contributed by atoms with E-state index in [4.69, 9.17) is 0 Å². The van der Waals surface area contributed by atoms with E-state index in [1.165, 1.54) is 37.7 Å². The molecule has 0 atom stereocenters. The summed E-state index contributed by atoms with van der Waals surface area (Å²) in [5.74, 6) is 1.04. The second-order valence-electron chi connectivity index (χ2n) is 7.55. The fourth-order valence-electron chi connectivity index (χ4n) is 2.90. The molecule has 208 valence electrons. The Bertz CT molecular complexity index is 634. The van der Waals surface area contributed by atoms with E-state index >= 15 is 0 Å². The minimum absolute atomic E-state index is 0. The lowest BCUT2D eigenvalue weighted by molar-refractivity contribution is 0.385. The van der Waals surface area contributed by atoms with Gasteiger partial charge in [0.05, 0.1) is 0 Å². The van der Waals surface area contributed by atoms with E-state index < -0.39 is 0 Å². The van der Waals surface area contributed by atoms with Crippen LogP contribution in [0.5, 0.6) is 0 Å². The second kappa shape index (κ2) is 39.9. The van der Waals surface area contributed by atoms with Crippen molar-refractivity contribution in [3.05, 3.63) is 109 Å². The van der Waals surface area contributed by atoms with Crippen molar-refractivity contribution < 1.29 is 0 Å². The van der Waals surface area contributed by atoms with Gasteiger partial charge < -0.3 is 0 Å². The first-order valence-corrected chi connectivity index (χ1v) is 14.0. The van der Waals surface area contributed by atoms with E-state index in [0.29, 0.717) is 0 Å². The zero-order chi connectivity index (χ0) is 27.7. The maximum absolute atomic E-state index is 3.99. The van der Waals surface area contributed by atoms with Gasteiger partial charge in [-0.25, -0.2) is 0 Å². The summed E-state index contributed by atoms with van der Waals surface area (Å²) in [7, 11) is 0. The van der Waals surface area contributed by atoms with Gasteiger partial charge in [-0.2, -0.15) is 0 Å². The predicted octanol–water partition coefficient (Wildman–Crippen LogP) is 12.9. The standard InChI is InChI=1S/C15H18.C7H14.C7H10.3C2H6.CH4/c1-3-4-9-14(2)10-8-13-15-11-6-5-7-12-15;1-7-5-3-2-4-6-7;1-4-6-7(3)5-2;3*1-2;/h3-8,10-12H,2,9,13H2,1H3;7H,2-6H2,1H3;4-6H,2-3H2,1H3;3*1-2H3;1H4/b4-3?,10-8-;;6-4-;;;;. The molecule has 1 aromatic rings. The Hall–Kier alpha value is -2.34. The van der Waals surface area contributed by atoms with E-state index in [1.54, 1.807) is 6.08 Å². The van der Waals surface area contributed by atoms with E-state index in [9.17, 15) is 0 Å². The van der Waals surface area contributed by atoms with Gasteiger partial charge in [0, 0.05) is 0 Å². The highest BCUT2D eigenvalue weighted by atomic mass is 14.1. The van der Waals surface area contributed by atoms with Crippen molar-refractivity contribution >= 4 is 0 Å². The minimum Gasteiger partial charge on any atom is -0.0985 e. The minimum atomic E-state index is 0. The third-order valence-electron chi connectivity index (χ3n) is 4.70. The molecule has 0 N–H and O–H groups in total. The van der Waals surface area contributed by atoms with Crippen LogP contribution in [0.15, 0.2) is 104 Å². The van der Waals surface area contributed by atoms with Gasteiger partial charge in [0.25, 0.3) is 0 Å². The number of allylic oxidation sites excluding steroid dienone is 9. The first kappa shape index (κ1) is 43.7. The Labute approximate surface area is 229 Å². The lowest BCUT2D eigenvalue weighted by Crippen LogP contribution is -1.99. The summed E-state index contributed by atoms with van der Waals surface area (Å²) in [5.41, 5.74) is 3.46. The Balaban J connectivity index is -0.000000129. The van der Waals surface area contributed by atoms with Crippen LogP contribution in [0.2, 0.25) is 0 Å². The molecule has 1 aromatic carbocycles. The van der Waals surface area contributed by atoms with Crippen LogP contribution in [0.4, 0.5) is 0 Å². The van der Waals surface area contributed by atoms with Crippen molar-refractivity contribution in [2.75, 3.05) is 0 Å². The molecular formula is C36H64.